The summed E-state index contributed by atoms with van der Waals surface area (Å²) >= 11 is 1.31. The predicted octanol–water partition coefficient (Wildman–Crippen LogP) is 5.05. The molecule has 3 rings (SSSR count). The van der Waals surface area contributed by atoms with Gasteiger partial charge in [0.25, 0.3) is 5.56 Å². The molecule has 0 bridgehead atoms. The minimum Gasteiger partial charge on any atom is -0.325 e. The Balaban J connectivity index is 1.85. The first-order chi connectivity index (χ1) is 14.0. The highest BCUT2D eigenvalue weighted by Crippen LogP contribution is 2.28. The van der Waals surface area contributed by atoms with Crippen LogP contribution in [-0.2, 0) is 11.3 Å². The van der Waals surface area contributed by atoms with Crippen molar-refractivity contribution in [2.45, 2.75) is 57.0 Å². The van der Waals surface area contributed by atoms with Gasteiger partial charge in [0.15, 0.2) is 5.16 Å². The number of nitrogens with zero attached hydrogens (tertiary/aromatic N) is 2. The molecule has 0 saturated heterocycles. The standard InChI is InChI=1S/C23H27N3O2S/c1-5-15(3)17-11-7-9-13-19(17)24-21(27)16(4)29-23-25-20-14-10-8-12-18(20)22(28)26(23)6-2/h7-16H,5-6H2,1-4H3,(H,24,27)/t15-,16-/m1/s1. The number of anilines is 1. The van der Waals surface area contributed by atoms with Gasteiger partial charge in [-0.05, 0) is 49.9 Å². The topological polar surface area (TPSA) is 64.0 Å². The predicted molar refractivity (Wildman–Crippen MR) is 121 cm³/mol. The molecule has 0 fully saturated rings. The van der Waals surface area contributed by atoms with Crippen molar-refractivity contribution < 1.29 is 4.79 Å². The van der Waals surface area contributed by atoms with Crippen LogP contribution in [0.1, 0.15) is 45.6 Å². The number of carbonyl (C=O) groups excluding carboxylic acids is 1. The van der Waals surface area contributed by atoms with E-state index >= 15 is 0 Å². The number of carbonyl (C=O) groups is 1. The van der Waals surface area contributed by atoms with E-state index in [2.05, 4.69) is 30.2 Å². The van der Waals surface area contributed by atoms with E-state index < -0.39 is 5.25 Å². The molecule has 152 valence electrons. The molecule has 2 atom stereocenters. The number of hydrogen-bond acceptors (Lipinski definition) is 4. The Morgan fingerprint density at radius 1 is 1.10 bits per heavy atom. The van der Waals surface area contributed by atoms with E-state index in [9.17, 15) is 9.59 Å². The number of nitrogens with one attached hydrogen (secondary N) is 1. The van der Waals surface area contributed by atoms with Crippen LogP contribution in [-0.4, -0.2) is 20.7 Å². The smallest absolute Gasteiger partial charge is 0.262 e. The Labute approximate surface area is 175 Å². The molecule has 0 aliphatic carbocycles. The van der Waals surface area contributed by atoms with E-state index in [1.165, 1.54) is 11.8 Å². The normalized spacial score (nSPS) is 13.2. The highest BCUT2D eigenvalue weighted by atomic mass is 32.2. The third-order valence-corrected chi connectivity index (χ3v) is 6.25. The molecule has 1 N–H and O–H groups in total. The number of fused-ring (bicyclic) bond motifs is 1. The van der Waals surface area contributed by atoms with Gasteiger partial charge in [-0.3, -0.25) is 14.2 Å². The van der Waals surface area contributed by atoms with E-state index in [4.69, 9.17) is 0 Å². The van der Waals surface area contributed by atoms with Gasteiger partial charge >= 0.3 is 0 Å². The lowest BCUT2D eigenvalue weighted by Crippen LogP contribution is -2.27. The molecule has 1 amide bonds. The summed E-state index contributed by atoms with van der Waals surface area (Å²) in [4.78, 5) is 30.3. The summed E-state index contributed by atoms with van der Waals surface area (Å²) in [5, 5.41) is 3.82. The van der Waals surface area contributed by atoms with Crippen LogP contribution in [0.3, 0.4) is 0 Å². The summed E-state index contributed by atoms with van der Waals surface area (Å²) in [5.74, 6) is 0.262. The SMILES string of the molecule is CC[C@@H](C)c1ccccc1NC(=O)[C@@H](C)Sc1nc2ccccc2c(=O)n1CC. The molecule has 3 aromatic rings. The average molecular weight is 410 g/mol. The van der Waals surface area contributed by atoms with Crippen molar-refractivity contribution in [2.24, 2.45) is 0 Å². The fraction of sp³-hybridized carbons (Fsp3) is 0.348. The minimum absolute atomic E-state index is 0.0738. The van der Waals surface area contributed by atoms with Crippen LogP contribution in [0.5, 0.6) is 0 Å². The van der Waals surface area contributed by atoms with Crippen LogP contribution >= 0.6 is 11.8 Å². The van der Waals surface area contributed by atoms with Gasteiger partial charge in [-0.1, -0.05) is 55.9 Å². The Kier molecular flexibility index (Phi) is 6.75. The van der Waals surface area contributed by atoms with Crippen molar-refractivity contribution in [3.8, 4) is 0 Å². The number of thioether (sulfide) groups is 1. The fourth-order valence-corrected chi connectivity index (χ4v) is 4.20. The average Bonchev–Trinajstić information content (AvgIpc) is 2.73. The van der Waals surface area contributed by atoms with Gasteiger partial charge in [0, 0.05) is 12.2 Å². The maximum absolute atomic E-state index is 12.9. The number of para-hydroxylation sites is 2. The van der Waals surface area contributed by atoms with Crippen LogP contribution in [0.25, 0.3) is 10.9 Å². The molecule has 0 radical (unpaired) electrons. The molecule has 6 heteroatoms. The van der Waals surface area contributed by atoms with Crippen LogP contribution in [0, 0.1) is 0 Å². The fourth-order valence-electron chi connectivity index (χ4n) is 3.22. The number of hydrogen-bond donors (Lipinski definition) is 1. The number of rotatable bonds is 7. The molecule has 1 aromatic heterocycles. The summed E-state index contributed by atoms with van der Waals surface area (Å²) < 4.78 is 1.63. The Morgan fingerprint density at radius 3 is 2.52 bits per heavy atom. The third-order valence-electron chi connectivity index (χ3n) is 5.16. The molecule has 29 heavy (non-hydrogen) atoms. The highest BCUT2D eigenvalue weighted by Gasteiger charge is 2.20. The molecule has 0 spiro atoms. The van der Waals surface area contributed by atoms with Gasteiger partial charge in [-0.25, -0.2) is 4.98 Å². The van der Waals surface area contributed by atoms with Crippen LogP contribution in [0.4, 0.5) is 5.69 Å². The summed E-state index contributed by atoms with van der Waals surface area (Å²) in [6, 6.07) is 15.2. The number of aromatic nitrogens is 2. The molecule has 5 nitrogen and oxygen atoms in total. The van der Waals surface area contributed by atoms with Gasteiger partial charge in [-0.15, -0.1) is 0 Å². The first kappa shape index (κ1) is 21.1. The van der Waals surface area contributed by atoms with Crippen LogP contribution < -0.4 is 10.9 Å². The number of amides is 1. The molecule has 0 saturated carbocycles. The van der Waals surface area contributed by atoms with E-state index in [1.54, 1.807) is 10.6 Å². The third kappa shape index (κ3) is 4.53. The quantitative estimate of drug-likeness (QED) is 0.438. The van der Waals surface area contributed by atoms with Crippen molar-refractivity contribution in [3.05, 3.63) is 64.4 Å². The lowest BCUT2D eigenvalue weighted by Gasteiger charge is -2.18. The van der Waals surface area contributed by atoms with Crippen molar-refractivity contribution in [1.29, 1.82) is 0 Å². The van der Waals surface area contributed by atoms with Gasteiger partial charge < -0.3 is 5.32 Å². The zero-order valence-electron chi connectivity index (χ0n) is 17.3. The molecule has 0 unspecified atom stereocenters. The molecular weight excluding hydrogens is 382 g/mol. The lowest BCUT2D eigenvalue weighted by molar-refractivity contribution is -0.115. The first-order valence-electron chi connectivity index (χ1n) is 10.0. The lowest BCUT2D eigenvalue weighted by atomic mass is 9.97. The monoisotopic (exact) mass is 409 g/mol. The largest absolute Gasteiger partial charge is 0.325 e. The molecule has 0 aliphatic rings. The zero-order chi connectivity index (χ0) is 21.0. The Bertz CT molecular complexity index is 1080. The summed E-state index contributed by atoms with van der Waals surface area (Å²) in [6.07, 6.45) is 1.00. The van der Waals surface area contributed by atoms with Crippen LogP contribution in [0.2, 0.25) is 0 Å². The second-order valence-electron chi connectivity index (χ2n) is 7.11. The van der Waals surface area contributed by atoms with Gasteiger partial charge in [0.1, 0.15) is 0 Å². The molecule has 0 aliphatic heterocycles. The van der Waals surface area contributed by atoms with Crippen molar-refractivity contribution >= 4 is 34.3 Å². The molecule has 2 aromatic carbocycles. The first-order valence-corrected chi connectivity index (χ1v) is 10.9. The Hall–Kier alpha value is -2.60. The summed E-state index contributed by atoms with van der Waals surface area (Å²) in [6.45, 7) is 8.55. The Morgan fingerprint density at radius 2 is 1.79 bits per heavy atom. The number of benzene rings is 2. The van der Waals surface area contributed by atoms with Gasteiger partial charge in [-0.2, -0.15) is 0 Å². The summed E-state index contributed by atoms with van der Waals surface area (Å²) in [5.41, 5.74) is 2.56. The second-order valence-corrected chi connectivity index (χ2v) is 8.41. The van der Waals surface area contributed by atoms with Crippen molar-refractivity contribution in [1.82, 2.24) is 9.55 Å². The maximum Gasteiger partial charge on any atom is 0.262 e. The molecule has 1 heterocycles. The van der Waals surface area contributed by atoms with E-state index in [0.717, 1.165) is 17.7 Å². The zero-order valence-corrected chi connectivity index (χ0v) is 18.1. The highest BCUT2D eigenvalue weighted by molar-refractivity contribution is 8.00. The van der Waals surface area contributed by atoms with Gasteiger partial charge in [0.2, 0.25) is 5.91 Å². The second kappa shape index (κ2) is 9.27. The molecular formula is C23H27N3O2S. The van der Waals surface area contributed by atoms with Crippen molar-refractivity contribution in [3.63, 3.8) is 0 Å². The van der Waals surface area contributed by atoms with E-state index in [1.807, 2.05) is 50.2 Å². The van der Waals surface area contributed by atoms with E-state index in [-0.39, 0.29) is 11.5 Å². The summed E-state index contributed by atoms with van der Waals surface area (Å²) in [7, 11) is 0. The minimum atomic E-state index is -0.397. The van der Waals surface area contributed by atoms with Crippen molar-refractivity contribution in [2.75, 3.05) is 5.32 Å². The maximum atomic E-state index is 12.9. The van der Waals surface area contributed by atoms with Crippen LogP contribution in [0.15, 0.2) is 58.5 Å². The van der Waals surface area contributed by atoms with E-state index in [0.29, 0.717) is 28.5 Å². The van der Waals surface area contributed by atoms with Gasteiger partial charge in [0.05, 0.1) is 16.2 Å².